The highest BCUT2D eigenvalue weighted by atomic mass is 16.1. The fraction of sp³-hybridized carbons (Fsp3) is 0.773. The minimum atomic E-state index is -0.278. The van der Waals surface area contributed by atoms with Gasteiger partial charge in [-0.15, -0.1) is 0 Å². The Bertz CT molecular complexity index is 795. The summed E-state index contributed by atoms with van der Waals surface area (Å²) in [5.41, 5.74) is 6.11. The lowest BCUT2D eigenvalue weighted by atomic mass is 9.45. The molecule has 1 aromatic rings. The number of aryl methyl sites for hydroxylation is 1. The van der Waals surface area contributed by atoms with Crippen LogP contribution in [0.3, 0.4) is 0 Å². The molecule has 1 heterocycles. The quantitative estimate of drug-likeness (QED) is 0.733. The van der Waals surface area contributed by atoms with Crippen LogP contribution in [0.2, 0.25) is 0 Å². The van der Waals surface area contributed by atoms with E-state index in [1.165, 1.54) is 25.7 Å². The Morgan fingerprint density at radius 1 is 1.25 bits per heavy atom. The predicted octanol–water partition coefficient (Wildman–Crippen LogP) is 2.77. The van der Waals surface area contributed by atoms with Gasteiger partial charge in [-0.3, -0.25) is 14.3 Å². The lowest BCUT2D eigenvalue weighted by Gasteiger charge is -2.58. The fourth-order valence-electron chi connectivity index (χ4n) is 6.82. The van der Waals surface area contributed by atoms with Crippen molar-refractivity contribution in [1.82, 2.24) is 9.78 Å². The van der Waals surface area contributed by atoms with E-state index >= 15 is 0 Å². The molecule has 28 heavy (non-hydrogen) atoms. The normalized spacial score (nSPS) is 35.9. The first-order chi connectivity index (χ1) is 13.3. The maximum atomic E-state index is 13.1. The van der Waals surface area contributed by atoms with E-state index in [0.717, 1.165) is 37.5 Å². The summed E-state index contributed by atoms with van der Waals surface area (Å²) in [5.74, 6) is 3.85. The van der Waals surface area contributed by atoms with Crippen LogP contribution in [0.5, 0.6) is 0 Å². The van der Waals surface area contributed by atoms with Crippen molar-refractivity contribution in [3.8, 4) is 0 Å². The Balaban J connectivity index is 1.29. The molecule has 5 fully saturated rings. The maximum absolute atomic E-state index is 13.1. The van der Waals surface area contributed by atoms with Crippen molar-refractivity contribution in [2.24, 2.45) is 47.8 Å². The molecule has 0 saturated heterocycles. The lowest BCUT2D eigenvalue weighted by molar-refractivity contribution is -0.149. The van der Waals surface area contributed by atoms with Gasteiger partial charge < -0.3 is 10.6 Å². The molecule has 4 bridgehead atoms. The van der Waals surface area contributed by atoms with Gasteiger partial charge in [0.25, 0.3) is 0 Å². The first kappa shape index (κ1) is 18.2. The molecule has 0 radical (unpaired) electrons. The molecule has 0 aromatic carbocycles. The largest absolute Gasteiger partial charge is 0.369 e. The van der Waals surface area contributed by atoms with Crippen LogP contribution in [0.1, 0.15) is 61.9 Å². The van der Waals surface area contributed by atoms with Crippen LogP contribution in [0, 0.1) is 35.0 Å². The van der Waals surface area contributed by atoms with Crippen molar-refractivity contribution in [1.29, 1.82) is 0 Å². The van der Waals surface area contributed by atoms with Gasteiger partial charge in [-0.05, 0) is 74.5 Å². The van der Waals surface area contributed by atoms with E-state index in [-0.39, 0.29) is 17.1 Å². The third-order valence-corrected chi connectivity index (χ3v) is 8.17. The molecule has 5 saturated carbocycles. The standard InChI is InChI=1S/C22H32N4O2/c1-25(12-13-3-4-13)20-8-18(24-26(20)2)19(27)7-17-15-5-14-6-16(17)11-22(9-14,10-15)21(23)28/h8,13-17H,3-7,9-12H2,1-2H3,(H2,23,28). The SMILES string of the molecule is CN(CC1CC1)c1cc(C(=O)CC2C3CC4CC2CC(C(N)=O)(C4)C3)nn1C. The number of carbonyl (C=O) groups excluding carboxylic acids is 2. The van der Waals surface area contributed by atoms with Crippen LogP contribution in [-0.4, -0.2) is 35.1 Å². The van der Waals surface area contributed by atoms with Gasteiger partial charge in [0.2, 0.25) is 5.91 Å². The molecular weight excluding hydrogens is 352 g/mol. The van der Waals surface area contributed by atoms with Crippen molar-refractivity contribution < 1.29 is 9.59 Å². The monoisotopic (exact) mass is 384 g/mol. The molecule has 0 spiro atoms. The summed E-state index contributed by atoms with van der Waals surface area (Å²) in [7, 11) is 4.01. The number of rotatable bonds is 7. The van der Waals surface area contributed by atoms with Crippen LogP contribution < -0.4 is 10.6 Å². The average molecular weight is 385 g/mol. The number of Topliss-reactive ketones (excluding diaryl/α,β-unsaturated/α-hetero) is 1. The minimum absolute atomic E-state index is 0.107. The summed E-state index contributed by atoms with van der Waals surface area (Å²) in [4.78, 5) is 27.4. The van der Waals surface area contributed by atoms with Crippen LogP contribution in [0.15, 0.2) is 6.07 Å². The zero-order valence-electron chi connectivity index (χ0n) is 17.1. The number of carbonyl (C=O) groups is 2. The summed E-state index contributed by atoms with van der Waals surface area (Å²) < 4.78 is 1.84. The van der Waals surface area contributed by atoms with Crippen LogP contribution in [0.25, 0.3) is 0 Å². The zero-order valence-corrected chi connectivity index (χ0v) is 17.1. The Kier molecular flexibility index (Phi) is 4.11. The highest BCUT2D eigenvalue weighted by Gasteiger charge is 2.57. The van der Waals surface area contributed by atoms with Gasteiger partial charge >= 0.3 is 0 Å². The van der Waals surface area contributed by atoms with E-state index in [4.69, 9.17) is 5.73 Å². The predicted molar refractivity (Wildman–Crippen MR) is 107 cm³/mol. The number of amides is 1. The number of anilines is 1. The highest BCUT2D eigenvalue weighted by molar-refractivity contribution is 5.95. The smallest absolute Gasteiger partial charge is 0.223 e. The van der Waals surface area contributed by atoms with Gasteiger partial charge in [-0.25, -0.2) is 0 Å². The molecule has 0 aliphatic heterocycles. The third-order valence-electron chi connectivity index (χ3n) is 8.17. The van der Waals surface area contributed by atoms with Crippen molar-refractivity contribution in [3.05, 3.63) is 11.8 Å². The number of nitrogens with two attached hydrogens (primary N) is 1. The summed E-state index contributed by atoms with van der Waals surface area (Å²) in [5, 5.41) is 4.54. The molecule has 6 rings (SSSR count). The molecule has 5 aliphatic carbocycles. The van der Waals surface area contributed by atoms with E-state index in [9.17, 15) is 9.59 Å². The van der Waals surface area contributed by atoms with Crippen LogP contribution >= 0.6 is 0 Å². The first-order valence-electron chi connectivity index (χ1n) is 10.9. The average Bonchev–Trinajstić information content (AvgIpc) is 3.35. The second-order valence-corrected chi connectivity index (χ2v) is 10.2. The zero-order chi connectivity index (χ0) is 19.6. The second kappa shape index (κ2) is 6.33. The second-order valence-electron chi connectivity index (χ2n) is 10.2. The number of aromatic nitrogens is 2. The molecule has 152 valence electrons. The first-order valence-corrected chi connectivity index (χ1v) is 10.9. The van der Waals surface area contributed by atoms with Crippen molar-refractivity contribution >= 4 is 17.5 Å². The number of primary amides is 1. The third kappa shape index (κ3) is 2.96. The summed E-state index contributed by atoms with van der Waals surface area (Å²) in [6, 6.07) is 1.96. The molecule has 1 amide bonds. The van der Waals surface area contributed by atoms with Gasteiger partial charge in [-0.2, -0.15) is 5.10 Å². The van der Waals surface area contributed by atoms with Crippen molar-refractivity contribution in [3.63, 3.8) is 0 Å². The molecule has 6 heteroatoms. The Morgan fingerprint density at radius 3 is 2.54 bits per heavy atom. The number of hydrogen-bond acceptors (Lipinski definition) is 4. The Labute approximate surface area is 166 Å². The fourth-order valence-corrected chi connectivity index (χ4v) is 6.82. The van der Waals surface area contributed by atoms with Gasteiger partial charge in [0, 0.05) is 38.5 Å². The molecule has 2 atom stereocenters. The maximum Gasteiger partial charge on any atom is 0.223 e. The van der Waals surface area contributed by atoms with Crippen molar-refractivity contribution in [2.45, 2.75) is 51.4 Å². The molecular formula is C22H32N4O2. The van der Waals surface area contributed by atoms with E-state index in [0.29, 0.717) is 35.8 Å². The number of hydrogen-bond donors (Lipinski definition) is 1. The lowest BCUT2D eigenvalue weighted by Crippen LogP contribution is -2.56. The molecule has 2 unspecified atom stereocenters. The summed E-state index contributed by atoms with van der Waals surface area (Å²) in [6.45, 7) is 1.04. The van der Waals surface area contributed by atoms with E-state index in [1.807, 2.05) is 17.8 Å². The molecule has 1 aromatic heterocycles. The minimum Gasteiger partial charge on any atom is -0.369 e. The summed E-state index contributed by atoms with van der Waals surface area (Å²) in [6.07, 6.45) is 8.29. The van der Waals surface area contributed by atoms with Gasteiger partial charge in [0.05, 0.1) is 0 Å². The molecule has 5 aliphatic rings. The molecule has 2 N–H and O–H groups in total. The topological polar surface area (TPSA) is 81.2 Å². The van der Waals surface area contributed by atoms with Gasteiger partial charge in [-0.1, -0.05) is 0 Å². The van der Waals surface area contributed by atoms with Crippen LogP contribution in [0.4, 0.5) is 5.82 Å². The van der Waals surface area contributed by atoms with E-state index < -0.39 is 0 Å². The number of ketones is 1. The Hall–Kier alpha value is -1.85. The van der Waals surface area contributed by atoms with E-state index in [1.54, 1.807) is 0 Å². The van der Waals surface area contributed by atoms with Gasteiger partial charge in [0.1, 0.15) is 11.5 Å². The Morgan fingerprint density at radius 2 is 1.93 bits per heavy atom. The van der Waals surface area contributed by atoms with Crippen molar-refractivity contribution in [2.75, 3.05) is 18.5 Å². The highest BCUT2D eigenvalue weighted by Crippen LogP contribution is 2.62. The van der Waals surface area contributed by atoms with Crippen LogP contribution in [-0.2, 0) is 11.8 Å². The number of nitrogens with zero attached hydrogens (tertiary/aromatic N) is 3. The summed E-state index contributed by atoms with van der Waals surface area (Å²) >= 11 is 0. The molecule has 6 nitrogen and oxygen atoms in total. The van der Waals surface area contributed by atoms with E-state index in [2.05, 4.69) is 17.0 Å². The van der Waals surface area contributed by atoms with Gasteiger partial charge in [0.15, 0.2) is 5.78 Å².